The number of anilines is 2. The highest BCUT2D eigenvalue weighted by atomic mass is 16.5. The molecule has 0 fully saturated rings. The van der Waals surface area contributed by atoms with Crippen molar-refractivity contribution in [1.29, 1.82) is 0 Å². The molecule has 0 radical (unpaired) electrons. The highest BCUT2D eigenvalue weighted by Crippen LogP contribution is 2.39. The number of fused-ring (bicyclic) bond motifs is 3. The Balaban J connectivity index is 1.52. The summed E-state index contributed by atoms with van der Waals surface area (Å²) < 4.78 is 9.73. The van der Waals surface area contributed by atoms with E-state index in [1.165, 1.54) is 0 Å². The second kappa shape index (κ2) is 10.5. The van der Waals surface area contributed by atoms with Crippen molar-refractivity contribution < 1.29 is 9.53 Å². The van der Waals surface area contributed by atoms with Gasteiger partial charge < -0.3 is 24.4 Å². The van der Waals surface area contributed by atoms with Crippen molar-refractivity contribution >= 4 is 17.4 Å². The number of para-hydroxylation sites is 1. The topological polar surface area (TPSA) is 67.6 Å². The van der Waals surface area contributed by atoms with Crippen LogP contribution in [0.4, 0.5) is 16.2 Å². The summed E-state index contributed by atoms with van der Waals surface area (Å²) in [5, 5.41) is 8.10. The molecule has 1 aliphatic heterocycles. The fourth-order valence-electron chi connectivity index (χ4n) is 5.56. The Morgan fingerprint density at radius 3 is 2.44 bits per heavy atom. The van der Waals surface area contributed by atoms with E-state index in [1.54, 1.807) is 7.11 Å². The zero-order valence-corrected chi connectivity index (χ0v) is 24.0. The fourth-order valence-corrected chi connectivity index (χ4v) is 5.56. The van der Waals surface area contributed by atoms with E-state index in [4.69, 9.17) is 9.84 Å². The summed E-state index contributed by atoms with van der Waals surface area (Å²) in [5.41, 5.74) is 7.58. The molecule has 3 aromatic carbocycles. The van der Waals surface area contributed by atoms with Gasteiger partial charge in [0.1, 0.15) is 11.6 Å². The molecule has 5 aromatic rings. The Bertz CT molecular complexity index is 1700. The quantitative estimate of drug-likeness (QED) is 0.274. The number of benzene rings is 3. The Hall–Kier alpha value is -4.98. The van der Waals surface area contributed by atoms with Gasteiger partial charge in [0.25, 0.3) is 0 Å². The standard InChI is InChI=1S/C33H34N6O2/c1-22-13-18-30(41-5)28(20-22)34-33(40)38-21-27-23(2)35-39(26-10-7-6-8-11-26)32(27)37-19-9-12-29(37)31(38)24-14-16-25(17-15-24)36(3)4/h6-20,31H,21H2,1-5H3,(H,34,40)/t31-/m1/s1. The molecule has 0 saturated heterocycles. The van der Waals surface area contributed by atoms with Crippen molar-refractivity contribution in [2.75, 3.05) is 31.4 Å². The van der Waals surface area contributed by atoms with Crippen LogP contribution in [-0.4, -0.2) is 46.5 Å². The second-order valence-corrected chi connectivity index (χ2v) is 10.6. The molecule has 1 atom stereocenters. The smallest absolute Gasteiger partial charge is 0.323 e. The Labute approximate surface area is 240 Å². The van der Waals surface area contributed by atoms with Crippen molar-refractivity contribution in [2.24, 2.45) is 0 Å². The normalized spacial score (nSPS) is 14.2. The van der Waals surface area contributed by atoms with E-state index in [0.29, 0.717) is 18.0 Å². The number of nitrogens with one attached hydrogen (secondary N) is 1. The maximum absolute atomic E-state index is 14.3. The third kappa shape index (κ3) is 4.71. The van der Waals surface area contributed by atoms with Gasteiger partial charge in [-0.1, -0.05) is 36.4 Å². The first-order valence-corrected chi connectivity index (χ1v) is 13.7. The van der Waals surface area contributed by atoms with Crippen LogP contribution in [0.15, 0.2) is 91.1 Å². The number of carbonyl (C=O) groups is 1. The molecule has 0 unspecified atom stereocenters. The van der Waals surface area contributed by atoms with Gasteiger partial charge in [-0.25, -0.2) is 9.48 Å². The average Bonchev–Trinajstić information content (AvgIpc) is 3.54. The third-order valence-corrected chi connectivity index (χ3v) is 7.67. The molecular formula is C33H34N6O2. The van der Waals surface area contributed by atoms with Gasteiger partial charge in [0.15, 0.2) is 0 Å². The largest absolute Gasteiger partial charge is 0.495 e. The molecule has 3 heterocycles. The van der Waals surface area contributed by atoms with Crippen molar-refractivity contribution in [2.45, 2.75) is 26.4 Å². The molecule has 1 aliphatic rings. The van der Waals surface area contributed by atoms with Gasteiger partial charge in [0.2, 0.25) is 0 Å². The summed E-state index contributed by atoms with van der Waals surface area (Å²) in [6.45, 7) is 4.37. The van der Waals surface area contributed by atoms with Crippen LogP contribution < -0.4 is 15.0 Å². The number of aryl methyl sites for hydroxylation is 2. The van der Waals surface area contributed by atoms with Gasteiger partial charge in [-0.3, -0.25) is 0 Å². The first-order valence-electron chi connectivity index (χ1n) is 13.7. The van der Waals surface area contributed by atoms with E-state index in [9.17, 15) is 4.79 Å². The summed E-state index contributed by atoms with van der Waals surface area (Å²) >= 11 is 0. The lowest BCUT2D eigenvalue weighted by atomic mass is 10.0. The number of methoxy groups -OCH3 is 1. The first-order chi connectivity index (χ1) is 19.9. The van der Waals surface area contributed by atoms with Crippen LogP contribution in [-0.2, 0) is 6.54 Å². The number of hydrogen-bond acceptors (Lipinski definition) is 4. The number of ether oxygens (including phenoxy) is 1. The zero-order valence-electron chi connectivity index (χ0n) is 24.0. The van der Waals surface area contributed by atoms with E-state index in [0.717, 1.165) is 45.3 Å². The molecular weight excluding hydrogens is 512 g/mol. The van der Waals surface area contributed by atoms with Gasteiger partial charge >= 0.3 is 6.03 Å². The van der Waals surface area contributed by atoms with Gasteiger partial charge in [-0.05, 0) is 73.5 Å². The van der Waals surface area contributed by atoms with Crippen LogP contribution in [0.3, 0.4) is 0 Å². The summed E-state index contributed by atoms with van der Waals surface area (Å²) in [6.07, 6.45) is 2.06. The van der Waals surface area contributed by atoms with Gasteiger partial charge in [0.05, 0.1) is 42.5 Å². The molecule has 0 saturated carbocycles. The van der Waals surface area contributed by atoms with E-state index < -0.39 is 0 Å². The van der Waals surface area contributed by atoms with Crippen LogP contribution in [0.25, 0.3) is 11.5 Å². The van der Waals surface area contributed by atoms with E-state index in [-0.39, 0.29) is 12.1 Å². The fraction of sp³-hybridized carbons (Fsp3) is 0.212. The van der Waals surface area contributed by atoms with E-state index >= 15 is 0 Å². The number of urea groups is 1. The van der Waals surface area contributed by atoms with Gasteiger partial charge in [0, 0.05) is 31.5 Å². The molecule has 8 heteroatoms. The minimum Gasteiger partial charge on any atom is -0.495 e. The molecule has 208 valence electrons. The maximum Gasteiger partial charge on any atom is 0.323 e. The van der Waals surface area contributed by atoms with Crippen LogP contribution >= 0.6 is 0 Å². The Morgan fingerprint density at radius 1 is 0.976 bits per heavy atom. The summed E-state index contributed by atoms with van der Waals surface area (Å²) in [4.78, 5) is 18.3. The van der Waals surface area contributed by atoms with E-state index in [2.05, 4.69) is 51.3 Å². The third-order valence-electron chi connectivity index (χ3n) is 7.67. The Kier molecular flexibility index (Phi) is 6.75. The second-order valence-electron chi connectivity index (χ2n) is 10.6. The summed E-state index contributed by atoms with van der Waals surface area (Å²) in [6, 6.07) is 27.8. The number of carbonyl (C=O) groups excluding carboxylic acids is 1. The predicted octanol–water partition coefficient (Wildman–Crippen LogP) is 6.49. The van der Waals surface area contributed by atoms with Crippen LogP contribution in [0.2, 0.25) is 0 Å². The molecule has 0 bridgehead atoms. The van der Waals surface area contributed by atoms with Crippen molar-refractivity contribution in [1.82, 2.24) is 19.2 Å². The average molecular weight is 547 g/mol. The molecule has 41 heavy (non-hydrogen) atoms. The summed E-state index contributed by atoms with van der Waals surface area (Å²) in [5.74, 6) is 1.55. The molecule has 1 N–H and O–H groups in total. The van der Waals surface area contributed by atoms with Crippen LogP contribution in [0, 0.1) is 13.8 Å². The lowest BCUT2D eigenvalue weighted by Crippen LogP contribution is -2.38. The maximum atomic E-state index is 14.3. The van der Waals surface area contributed by atoms with Crippen LogP contribution in [0.5, 0.6) is 5.75 Å². The van der Waals surface area contributed by atoms with E-state index in [1.807, 2.05) is 92.1 Å². The molecule has 0 spiro atoms. The van der Waals surface area contributed by atoms with Gasteiger partial charge in [-0.2, -0.15) is 5.10 Å². The van der Waals surface area contributed by atoms with Crippen LogP contribution in [0.1, 0.15) is 34.1 Å². The SMILES string of the molecule is COc1ccc(C)cc1NC(=O)N1Cc2c(C)nn(-c3ccccc3)c2-n2cccc2[C@H]1c1ccc(N(C)C)cc1. The predicted molar refractivity (Wildman–Crippen MR) is 163 cm³/mol. The molecule has 6 rings (SSSR count). The minimum absolute atomic E-state index is 0.219. The molecule has 2 aromatic heterocycles. The monoisotopic (exact) mass is 546 g/mol. The lowest BCUT2D eigenvalue weighted by Gasteiger charge is -2.31. The molecule has 2 amide bonds. The Morgan fingerprint density at radius 2 is 1.73 bits per heavy atom. The van der Waals surface area contributed by atoms with Crippen molar-refractivity contribution in [3.8, 4) is 17.3 Å². The first kappa shape index (κ1) is 26.3. The summed E-state index contributed by atoms with van der Waals surface area (Å²) in [7, 11) is 5.66. The number of nitrogens with zero attached hydrogens (tertiary/aromatic N) is 5. The number of rotatable bonds is 5. The number of amides is 2. The lowest BCUT2D eigenvalue weighted by molar-refractivity contribution is 0.194. The zero-order chi connectivity index (χ0) is 28.7. The minimum atomic E-state index is -0.354. The number of hydrogen-bond donors (Lipinski definition) is 1. The van der Waals surface area contributed by atoms with Crippen molar-refractivity contribution in [3.05, 3.63) is 119 Å². The molecule has 0 aliphatic carbocycles. The molecule has 8 nitrogen and oxygen atoms in total. The highest BCUT2D eigenvalue weighted by molar-refractivity contribution is 5.92. The van der Waals surface area contributed by atoms with Crippen molar-refractivity contribution in [3.63, 3.8) is 0 Å². The van der Waals surface area contributed by atoms with Gasteiger partial charge in [-0.15, -0.1) is 0 Å². The highest BCUT2D eigenvalue weighted by Gasteiger charge is 2.36. The number of aromatic nitrogens is 3.